The number of aromatic amines is 1. The number of hydrogen-bond acceptors (Lipinski definition) is 4. The molecule has 112 valence electrons. The van der Waals surface area contributed by atoms with Crippen molar-refractivity contribution >= 4 is 35.2 Å². The number of furan rings is 1. The Morgan fingerprint density at radius 3 is 3.05 bits per heavy atom. The first-order chi connectivity index (χ1) is 10.6. The molecule has 0 aliphatic rings. The quantitative estimate of drug-likeness (QED) is 0.573. The van der Waals surface area contributed by atoms with Gasteiger partial charge in [0.1, 0.15) is 11.3 Å². The van der Waals surface area contributed by atoms with E-state index in [9.17, 15) is 4.79 Å². The summed E-state index contributed by atoms with van der Waals surface area (Å²) < 4.78 is 7.82. The molecular weight excluding hydrogens is 300 g/mol. The third kappa shape index (κ3) is 2.99. The van der Waals surface area contributed by atoms with Crippen LogP contribution in [0.15, 0.2) is 40.8 Å². The number of amides is 1. The van der Waals surface area contributed by atoms with Crippen molar-refractivity contribution in [1.29, 1.82) is 0 Å². The van der Waals surface area contributed by atoms with Gasteiger partial charge in [0.15, 0.2) is 10.6 Å². The third-order valence-corrected chi connectivity index (χ3v) is 3.60. The maximum atomic E-state index is 11.8. The van der Waals surface area contributed by atoms with Crippen molar-refractivity contribution in [2.45, 2.75) is 6.54 Å². The molecule has 0 bridgehead atoms. The Bertz CT molecular complexity index is 871. The van der Waals surface area contributed by atoms with Crippen LogP contribution in [-0.4, -0.2) is 20.7 Å². The van der Waals surface area contributed by atoms with E-state index in [-0.39, 0.29) is 5.91 Å². The van der Waals surface area contributed by atoms with Crippen LogP contribution in [0.5, 0.6) is 0 Å². The van der Waals surface area contributed by atoms with E-state index < -0.39 is 0 Å². The molecule has 0 aliphatic heterocycles. The average Bonchev–Trinajstić information content (AvgIpc) is 3.07. The number of nitrogens with one attached hydrogen (secondary N) is 2. The lowest BCUT2D eigenvalue weighted by Crippen LogP contribution is -2.22. The van der Waals surface area contributed by atoms with Gasteiger partial charge in [-0.2, -0.15) is 5.10 Å². The SMILES string of the molecule is Cn1c(CNC(=O)/C=C/c2cc3ccccc3o2)n[nH]c1=S. The molecule has 7 heteroatoms. The molecule has 0 aliphatic carbocycles. The summed E-state index contributed by atoms with van der Waals surface area (Å²) in [6, 6.07) is 9.58. The number of nitrogens with zero attached hydrogens (tertiary/aromatic N) is 2. The summed E-state index contributed by atoms with van der Waals surface area (Å²) in [6.07, 6.45) is 3.07. The number of hydrogen-bond donors (Lipinski definition) is 2. The summed E-state index contributed by atoms with van der Waals surface area (Å²) in [5, 5.41) is 10.4. The lowest BCUT2D eigenvalue weighted by molar-refractivity contribution is -0.116. The second kappa shape index (κ2) is 5.98. The lowest BCUT2D eigenvalue weighted by Gasteiger charge is -2.00. The Balaban J connectivity index is 1.63. The number of fused-ring (bicyclic) bond motifs is 1. The summed E-state index contributed by atoms with van der Waals surface area (Å²) >= 11 is 5.01. The van der Waals surface area contributed by atoms with Crippen LogP contribution in [0.2, 0.25) is 0 Å². The number of carbonyl (C=O) groups is 1. The van der Waals surface area contributed by atoms with Gasteiger partial charge in [-0.3, -0.25) is 9.89 Å². The van der Waals surface area contributed by atoms with E-state index in [4.69, 9.17) is 16.6 Å². The minimum atomic E-state index is -0.227. The molecule has 3 aromatic rings. The van der Waals surface area contributed by atoms with Gasteiger partial charge in [0, 0.05) is 18.5 Å². The standard InChI is InChI=1S/C15H14N4O2S/c1-19-13(17-18-15(19)22)9-16-14(20)7-6-11-8-10-4-2-3-5-12(10)21-11/h2-8H,9H2,1H3,(H,16,20)(H,18,22)/b7-6+. The second-order valence-electron chi connectivity index (χ2n) is 4.74. The normalized spacial score (nSPS) is 11.3. The topological polar surface area (TPSA) is 75.8 Å². The summed E-state index contributed by atoms with van der Waals surface area (Å²) in [7, 11) is 1.79. The highest BCUT2D eigenvalue weighted by atomic mass is 32.1. The van der Waals surface area contributed by atoms with Crippen LogP contribution in [-0.2, 0) is 18.4 Å². The largest absolute Gasteiger partial charge is 0.457 e. The monoisotopic (exact) mass is 314 g/mol. The fourth-order valence-electron chi connectivity index (χ4n) is 2.01. The fourth-order valence-corrected chi connectivity index (χ4v) is 2.16. The van der Waals surface area contributed by atoms with Gasteiger partial charge in [-0.25, -0.2) is 0 Å². The molecule has 22 heavy (non-hydrogen) atoms. The van der Waals surface area contributed by atoms with E-state index in [0.29, 0.717) is 22.9 Å². The molecule has 0 unspecified atom stereocenters. The van der Waals surface area contributed by atoms with E-state index in [1.807, 2.05) is 30.3 Å². The molecule has 2 aromatic heterocycles. The van der Waals surface area contributed by atoms with E-state index in [1.165, 1.54) is 6.08 Å². The van der Waals surface area contributed by atoms with Gasteiger partial charge in [-0.15, -0.1) is 0 Å². The average molecular weight is 314 g/mol. The zero-order valence-corrected chi connectivity index (χ0v) is 12.7. The maximum Gasteiger partial charge on any atom is 0.244 e. The first-order valence-corrected chi connectivity index (χ1v) is 7.09. The fraction of sp³-hybridized carbons (Fsp3) is 0.133. The molecule has 0 radical (unpaired) electrons. The van der Waals surface area contributed by atoms with E-state index >= 15 is 0 Å². The summed E-state index contributed by atoms with van der Waals surface area (Å²) in [5.41, 5.74) is 0.795. The first kappa shape index (κ1) is 14.3. The number of carbonyl (C=O) groups excluding carboxylic acids is 1. The number of aromatic nitrogens is 3. The van der Waals surface area contributed by atoms with E-state index in [1.54, 1.807) is 17.7 Å². The summed E-state index contributed by atoms with van der Waals surface area (Å²) in [6.45, 7) is 0.299. The molecule has 0 atom stereocenters. The van der Waals surface area contributed by atoms with Gasteiger partial charge in [-0.1, -0.05) is 18.2 Å². The van der Waals surface area contributed by atoms with Crippen molar-refractivity contribution in [2.24, 2.45) is 7.05 Å². The van der Waals surface area contributed by atoms with Gasteiger partial charge in [0.25, 0.3) is 0 Å². The predicted octanol–water partition coefficient (Wildman–Crippen LogP) is 2.55. The highest BCUT2D eigenvalue weighted by molar-refractivity contribution is 7.71. The molecule has 2 heterocycles. The van der Waals surface area contributed by atoms with Gasteiger partial charge in [-0.05, 0) is 30.4 Å². The Kier molecular flexibility index (Phi) is 3.88. The molecule has 0 fully saturated rings. The Labute approximate surface area is 131 Å². The number of para-hydroxylation sites is 1. The highest BCUT2D eigenvalue weighted by Crippen LogP contribution is 2.19. The van der Waals surface area contributed by atoms with Crippen molar-refractivity contribution in [2.75, 3.05) is 0 Å². The molecule has 1 aromatic carbocycles. The number of H-pyrrole nitrogens is 1. The Hall–Kier alpha value is -2.67. The van der Waals surface area contributed by atoms with Crippen molar-refractivity contribution in [3.8, 4) is 0 Å². The third-order valence-electron chi connectivity index (χ3n) is 3.24. The molecule has 1 amide bonds. The molecule has 3 rings (SSSR count). The predicted molar refractivity (Wildman–Crippen MR) is 85.5 cm³/mol. The minimum absolute atomic E-state index is 0.227. The maximum absolute atomic E-state index is 11.8. The minimum Gasteiger partial charge on any atom is -0.457 e. The van der Waals surface area contributed by atoms with Gasteiger partial charge < -0.3 is 14.3 Å². The van der Waals surface area contributed by atoms with Gasteiger partial charge in [0.05, 0.1) is 6.54 Å². The Morgan fingerprint density at radius 2 is 2.32 bits per heavy atom. The second-order valence-corrected chi connectivity index (χ2v) is 5.13. The number of rotatable bonds is 4. The molecule has 2 N–H and O–H groups in total. The van der Waals surface area contributed by atoms with Crippen LogP contribution < -0.4 is 5.32 Å². The van der Waals surface area contributed by atoms with Gasteiger partial charge in [0.2, 0.25) is 5.91 Å². The van der Waals surface area contributed by atoms with Crippen LogP contribution in [0.25, 0.3) is 17.0 Å². The highest BCUT2D eigenvalue weighted by Gasteiger charge is 2.04. The first-order valence-electron chi connectivity index (χ1n) is 6.68. The van der Waals surface area contributed by atoms with Crippen molar-refractivity contribution in [3.63, 3.8) is 0 Å². The van der Waals surface area contributed by atoms with Crippen LogP contribution in [0, 0.1) is 4.77 Å². The van der Waals surface area contributed by atoms with Crippen LogP contribution in [0.3, 0.4) is 0 Å². The zero-order chi connectivity index (χ0) is 15.5. The van der Waals surface area contributed by atoms with E-state index in [0.717, 1.165) is 11.0 Å². The smallest absolute Gasteiger partial charge is 0.244 e. The molecule has 0 saturated heterocycles. The van der Waals surface area contributed by atoms with Crippen LogP contribution in [0.4, 0.5) is 0 Å². The molecular formula is C15H14N4O2S. The zero-order valence-electron chi connectivity index (χ0n) is 11.9. The molecule has 6 nitrogen and oxygen atoms in total. The van der Waals surface area contributed by atoms with Crippen molar-refractivity contribution in [3.05, 3.63) is 52.8 Å². The Morgan fingerprint density at radius 1 is 1.50 bits per heavy atom. The molecule has 0 saturated carbocycles. The van der Waals surface area contributed by atoms with E-state index in [2.05, 4.69) is 15.5 Å². The van der Waals surface area contributed by atoms with Crippen LogP contribution in [0.1, 0.15) is 11.6 Å². The number of benzene rings is 1. The summed E-state index contributed by atoms with van der Waals surface area (Å²) in [4.78, 5) is 11.8. The van der Waals surface area contributed by atoms with Crippen LogP contribution >= 0.6 is 12.2 Å². The van der Waals surface area contributed by atoms with Crippen molar-refractivity contribution < 1.29 is 9.21 Å². The molecule has 0 spiro atoms. The van der Waals surface area contributed by atoms with Gasteiger partial charge >= 0.3 is 0 Å². The summed E-state index contributed by atoms with van der Waals surface area (Å²) in [5.74, 6) is 1.07. The lowest BCUT2D eigenvalue weighted by atomic mass is 10.2. The van der Waals surface area contributed by atoms with Crippen molar-refractivity contribution in [1.82, 2.24) is 20.1 Å².